The van der Waals surface area contributed by atoms with E-state index in [-0.39, 0.29) is 0 Å². The fourth-order valence-corrected chi connectivity index (χ4v) is 0.797. The summed E-state index contributed by atoms with van der Waals surface area (Å²) in [6.07, 6.45) is 7.85. The number of rotatable bonds is 3. The maximum Gasteiger partial charge on any atom is 0.0177 e. The van der Waals surface area contributed by atoms with E-state index in [1.165, 1.54) is 5.57 Å². The molecule has 0 spiro atoms. The third kappa shape index (κ3) is 8.84. The summed E-state index contributed by atoms with van der Waals surface area (Å²) in [4.78, 5) is 0. The van der Waals surface area contributed by atoms with Gasteiger partial charge in [-0.05, 0) is 39.3 Å². The predicted octanol–water partition coefficient (Wildman–Crippen LogP) is 4.59. The highest BCUT2D eigenvalue weighted by Gasteiger charge is 1.82. The highest BCUT2D eigenvalue weighted by Crippen LogP contribution is 1.98. The fraction of sp³-hybridized carbons (Fsp3) is 0.250. The van der Waals surface area contributed by atoms with Crippen molar-refractivity contribution in [3.63, 3.8) is 0 Å². The Balaban J connectivity index is 4.51. The zero-order valence-corrected chi connectivity index (χ0v) is 10.7. The van der Waals surface area contributed by atoms with E-state index in [1.54, 1.807) is 0 Å². The Morgan fingerprint density at radius 1 is 0.875 bits per heavy atom. The maximum atomic E-state index is 3.85. The Kier molecular flexibility index (Phi) is 6.72. The molecule has 0 bridgehead atoms. The van der Waals surface area contributed by atoms with Gasteiger partial charge in [0.05, 0.1) is 0 Å². The van der Waals surface area contributed by atoms with Crippen LogP contribution >= 0.6 is 0 Å². The van der Waals surface area contributed by atoms with Crippen LogP contribution in [-0.4, -0.2) is 0 Å². The summed E-state index contributed by atoms with van der Waals surface area (Å²) in [6.45, 7) is 15.7. The van der Waals surface area contributed by atoms with Gasteiger partial charge in [0.2, 0.25) is 0 Å². The Hall–Kier alpha value is -1.74. The maximum absolute atomic E-state index is 3.85. The number of allylic oxidation sites excluding steroid dienone is 8. The van der Waals surface area contributed by atoms with Gasteiger partial charge in [0.1, 0.15) is 0 Å². The van der Waals surface area contributed by atoms with Crippen LogP contribution < -0.4 is 0 Å². The van der Waals surface area contributed by atoms with Gasteiger partial charge in [0, 0.05) is 5.57 Å². The minimum atomic E-state index is 0.799. The summed E-state index contributed by atoms with van der Waals surface area (Å²) in [5.74, 6) is 6.04. The molecule has 0 aromatic rings. The normalized spacial score (nSPS) is 10.6. The van der Waals surface area contributed by atoms with Crippen molar-refractivity contribution in [3.8, 4) is 11.8 Å². The van der Waals surface area contributed by atoms with Crippen molar-refractivity contribution in [2.75, 3.05) is 0 Å². The lowest BCUT2D eigenvalue weighted by atomic mass is 10.2. The van der Waals surface area contributed by atoms with Crippen LogP contribution in [0.25, 0.3) is 0 Å². The van der Waals surface area contributed by atoms with Crippen molar-refractivity contribution < 1.29 is 0 Å². The molecule has 0 heterocycles. The molecule has 0 radical (unpaired) electrons. The van der Waals surface area contributed by atoms with Crippen LogP contribution in [0.5, 0.6) is 0 Å². The van der Waals surface area contributed by atoms with Gasteiger partial charge in [-0.15, -0.1) is 0 Å². The molecule has 0 aliphatic heterocycles. The lowest BCUT2D eigenvalue weighted by molar-refractivity contribution is 1.39. The molecule has 0 nitrogen and oxygen atoms in total. The van der Waals surface area contributed by atoms with Crippen LogP contribution in [0.1, 0.15) is 27.7 Å². The highest BCUT2D eigenvalue weighted by atomic mass is 13.9. The molecule has 0 aliphatic rings. The van der Waals surface area contributed by atoms with Crippen LogP contribution in [0.15, 0.2) is 59.8 Å². The summed E-state index contributed by atoms with van der Waals surface area (Å²) in [5, 5.41) is 0. The van der Waals surface area contributed by atoms with Gasteiger partial charge in [-0.1, -0.05) is 54.4 Å². The first kappa shape index (κ1) is 14.3. The molecule has 0 rings (SSSR count). The molecule has 16 heavy (non-hydrogen) atoms. The molecule has 0 unspecified atom stereocenters. The summed E-state index contributed by atoms with van der Waals surface area (Å²) < 4.78 is 0. The second-order valence-corrected chi connectivity index (χ2v) is 4.05. The van der Waals surface area contributed by atoms with E-state index in [1.807, 2.05) is 32.1 Å². The Labute approximate surface area is 99.8 Å². The first-order valence-electron chi connectivity index (χ1n) is 5.28. The van der Waals surface area contributed by atoms with Gasteiger partial charge in [-0.25, -0.2) is 0 Å². The Morgan fingerprint density at radius 3 is 2.00 bits per heavy atom. The Morgan fingerprint density at radius 2 is 1.50 bits per heavy atom. The first-order valence-corrected chi connectivity index (χ1v) is 5.28. The van der Waals surface area contributed by atoms with Gasteiger partial charge < -0.3 is 0 Å². The summed E-state index contributed by atoms with van der Waals surface area (Å²) in [5.41, 5.74) is 4.10. The van der Waals surface area contributed by atoms with Gasteiger partial charge in [-0.2, -0.15) is 0 Å². The van der Waals surface area contributed by atoms with E-state index < -0.39 is 0 Å². The molecule has 0 heteroatoms. The van der Waals surface area contributed by atoms with Crippen molar-refractivity contribution in [3.05, 3.63) is 59.8 Å². The minimum absolute atomic E-state index is 0.799. The van der Waals surface area contributed by atoms with Gasteiger partial charge in [0.15, 0.2) is 0 Å². The molecule has 0 N–H and O–H groups in total. The summed E-state index contributed by atoms with van der Waals surface area (Å²) in [7, 11) is 0. The largest absolute Gasteiger partial charge is 0.0961 e. The van der Waals surface area contributed by atoms with Crippen molar-refractivity contribution in [1.82, 2.24) is 0 Å². The van der Waals surface area contributed by atoms with Crippen molar-refractivity contribution in [1.29, 1.82) is 0 Å². The van der Waals surface area contributed by atoms with Crippen LogP contribution in [0, 0.1) is 11.8 Å². The van der Waals surface area contributed by atoms with Gasteiger partial charge in [-0.3, -0.25) is 0 Å². The lowest BCUT2D eigenvalue weighted by Crippen LogP contribution is -1.72. The zero-order chi connectivity index (χ0) is 12.6. The van der Waals surface area contributed by atoms with Gasteiger partial charge in [0.25, 0.3) is 0 Å². The van der Waals surface area contributed by atoms with Gasteiger partial charge >= 0.3 is 0 Å². The molecule has 0 aromatic heterocycles. The zero-order valence-electron chi connectivity index (χ0n) is 10.7. The second kappa shape index (κ2) is 7.54. The predicted molar refractivity (Wildman–Crippen MR) is 74.1 cm³/mol. The average Bonchev–Trinajstić information content (AvgIpc) is 2.20. The number of hydrogen-bond acceptors (Lipinski definition) is 0. The monoisotopic (exact) mass is 212 g/mol. The van der Waals surface area contributed by atoms with Crippen LogP contribution in [-0.2, 0) is 0 Å². The second-order valence-electron chi connectivity index (χ2n) is 4.05. The number of hydrogen-bond donors (Lipinski definition) is 0. The molecule has 0 saturated heterocycles. The van der Waals surface area contributed by atoms with Crippen LogP contribution in [0.4, 0.5) is 0 Å². The highest BCUT2D eigenvalue weighted by molar-refractivity contribution is 5.43. The van der Waals surface area contributed by atoms with E-state index in [9.17, 15) is 0 Å². The minimum Gasteiger partial charge on any atom is -0.0961 e. The van der Waals surface area contributed by atoms with Crippen LogP contribution in [0.2, 0.25) is 0 Å². The quantitative estimate of drug-likeness (QED) is 0.474. The summed E-state index contributed by atoms with van der Waals surface area (Å²) in [6, 6.07) is 0. The fourth-order valence-electron chi connectivity index (χ4n) is 0.797. The van der Waals surface area contributed by atoms with Crippen molar-refractivity contribution in [2.45, 2.75) is 27.7 Å². The van der Waals surface area contributed by atoms with E-state index in [4.69, 9.17) is 0 Å². The molecular weight excluding hydrogens is 192 g/mol. The van der Waals surface area contributed by atoms with Crippen molar-refractivity contribution >= 4 is 0 Å². The SMILES string of the molecule is C=C(C)/C=C\C(=C)C#C/C(C)=C/C=C(C)C. The van der Waals surface area contributed by atoms with Crippen LogP contribution in [0.3, 0.4) is 0 Å². The Bertz CT molecular complexity index is 411. The molecule has 0 fully saturated rings. The topological polar surface area (TPSA) is 0 Å². The third-order valence-corrected chi connectivity index (χ3v) is 1.66. The van der Waals surface area contributed by atoms with E-state index in [0.717, 1.165) is 16.7 Å². The molecule has 0 aromatic carbocycles. The molecular formula is C16H20. The smallest absolute Gasteiger partial charge is 0.0177 e. The molecule has 0 amide bonds. The standard InChI is InChI=1S/C16H20/c1-13(2)7-9-15(5)11-12-16(6)10-8-14(3)4/h7-10H,1,5H2,2-4,6H3/b9-7-,16-10+. The molecule has 84 valence electrons. The first-order chi connectivity index (χ1) is 7.41. The molecule has 0 aliphatic carbocycles. The van der Waals surface area contributed by atoms with E-state index >= 15 is 0 Å². The van der Waals surface area contributed by atoms with E-state index in [0.29, 0.717) is 0 Å². The summed E-state index contributed by atoms with van der Waals surface area (Å²) >= 11 is 0. The lowest BCUT2D eigenvalue weighted by Gasteiger charge is -1.88. The average molecular weight is 212 g/mol. The van der Waals surface area contributed by atoms with Crippen molar-refractivity contribution in [2.24, 2.45) is 0 Å². The third-order valence-electron chi connectivity index (χ3n) is 1.66. The molecule has 0 atom stereocenters. The van der Waals surface area contributed by atoms with E-state index in [2.05, 4.69) is 44.9 Å². The molecule has 0 saturated carbocycles.